The van der Waals surface area contributed by atoms with Crippen molar-refractivity contribution in [3.8, 4) is 0 Å². The maximum atomic E-state index is 10.7. The van der Waals surface area contributed by atoms with Crippen LogP contribution in [0, 0.1) is 10.1 Å². The van der Waals surface area contributed by atoms with E-state index in [1.807, 2.05) is 7.05 Å². The SMILES string of the molecule is CCC(C)N(C)c1ccc([N+](=O)[O-])cc1CCl. The second-order valence-corrected chi connectivity index (χ2v) is 4.34. The van der Waals surface area contributed by atoms with Gasteiger partial charge in [0.2, 0.25) is 0 Å². The zero-order valence-electron chi connectivity index (χ0n) is 10.3. The molecule has 0 spiro atoms. The van der Waals surface area contributed by atoms with Crippen molar-refractivity contribution in [2.45, 2.75) is 32.2 Å². The van der Waals surface area contributed by atoms with Crippen molar-refractivity contribution in [1.29, 1.82) is 0 Å². The Bertz CT molecular complexity index is 409. The second-order valence-electron chi connectivity index (χ2n) is 4.07. The fourth-order valence-electron chi connectivity index (χ4n) is 1.65. The number of hydrogen-bond acceptors (Lipinski definition) is 3. The average Bonchev–Trinajstić information content (AvgIpc) is 2.35. The molecule has 0 radical (unpaired) electrons. The Balaban J connectivity index is 3.12. The summed E-state index contributed by atoms with van der Waals surface area (Å²) in [5, 5.41) is 10.7. The van der Waals surface area contributed by atoms with Crippen molar-refractivity contribution < 1.29 is 4.92 Å². The summed E-state index contributed by atoms with van der Waals surface area (Å²) < 4.78 is 0. The number of rotatable bonds is 5. The Hall–Kier alpha value is -1.29. The van der Waals surface area contributed by atoms with Crippen LogP contribution in [0.25, 0.3) is 0 Å². The lowest BCUT2D eigenvalue weighted by atomic mass is 10.1. The van der Waals surface area contributed by atoms with Gasteiger partial charge in [-0.25, -0.2) is 0 Å². The zero-order chi connectivity index (χ0) is 13.0. The van der Waals surface area contributed by atoms with Gasteiger partial charge in [-0.2, -0.15) is 0 Å². The minimum absolute atomic E-state index is 0.0851. The van der Waals surface area contributed by atoms with Gasteiger partial charge in [0.1, 0.15) is 0 Å². The maximum absolute atomic E-state index is 10.7. The lowest BCUT2D eigenvalue weighted by molar-refractivity contribution is -0.384. The standard InChI is InChI=1S/C12H17ClN2O2/c1-4-9(2)14(3)12-6-5-11(15(16)17)7-10(12)8-13/h5-7,9H,4,8H2,1-3H3. The molecule has 0 heterocycles. The van der Waals surface area contributed by atoms with Crippen molar-refractivity contribution >= 4 is 23.0 Å². The molecule has 0 aliphatic heterocycles. The van der Waals surface area contributed by atoms with Crippen LogP contribution < -0.4 is 4.90 Å². The minimum atomic E-state index is -0.400. The molecule has 1 rings (SSSR count). The molecule has 0 amide bonds. The highest BCUT2D eigenvalue weighted by Crippen LogP contribution is 2.27. The van der Waals surface area contributed by atoms with Crippen LogP contribution in [-0.4, -0.2) is 18.0 Å². The zero-order valence-corrected chi connectivity index (χ0v) is 11.1. The van der Waals surface area contributed by atoms with Gasteiger partial charge in [-0.15, -0.1) is 11.6 Å². The summed E-state index contributed by atoms with van der Waals surface area (Å²) in [5.41, 5.74) is 1.84. The normalized spacial score (nSPS) is 12.2. The van der Waals surface area contributed by atoms with E-state index in [0.29, 0.717) is 6.04 Å². The third-order valence-electron chi connectivity index (χ3n) is 3.05. The van der Waals surface area contributed by atoms with Crippen LogP contribution in [0.1, 0.15) is 25.8 Å². The Morgan fingerprint density at radius 3 is 2.65 bits per heavy atom. The summed E-state index contributed by atoms with van der Waals surface area (Å²) in [7, 11) is 1.98. The highest BCUT2D eigenvalue weighted by Gasteiger charge is 2.15. The summed E-state index contributed by atoms with van der Waals surface area (Å²) in [6.07, 6.45) is 1.01. The van der Waals surface area contributed by atoms with E-state index < -0.39 is 4.92 Å². The highest BCUT2D eigenvalue weighted by atomic mass is 35.5. The molecule has 17 heavy (non-hydrogen) atoms. The Labute approximate surface area is 106 Å². The number of halogens is 1. The molecule has 0 bridgehead atoms. The first-order valence-electron chi connectivity index (χ1n) is 5.57. The van der Waals surface area contributed by atoms with Crippen molar-refractivity contribution in [3.05, 3.63) is 33.9 Å². The molecule has 0 aromatic heterocycles. The number of nitrogens with zero attached hydrogens (tertiary/aromatic N) is 2. The van der Waals surface area contributed by atoms with Crippen molar-refractivity contribution in [2.75, 3.05) is 11.9 Å². The molecule has 4 nitrogen and oxygen atoms in total. The maximum Gasteiger partial charge on any atom is 0.269 e. The monoisotopic (exact) mass is 256 g/mol. The van der Waals surface area contributed by atoms with Crippen molar-refractivity contribution in [2.24, 2.45) is 0 Å². The molecular weight excluding hydrogens is 240 g/mol. The van der Waals surface area contributed by atoms with Crippen LogP contribution in [0.5, 0.6) is 0 Å². The van der Waals surface area contributed by atoms with Gasteiger partial charge in [0.05, 0.1) is 4.92 Å². The topological polar surface area (TPSA) is 46.4 Å². The molecule has 0 fully saturated rings. The van der Waals surface area contributed by atoms with Crippen LogP contribution in [0.15, 0.2) is 18.2 Å². The molecular formula is C12H17ClN2O2. The van der Waals surface area contributed by atoms with E-state index in [1.165, 1.54) is 6.07 Å². The van der Waals surface area contributed by atoms with Gasteiger partial charge >= 0.3 is 0 Å². The summed E-state index contributed by atoms with van der Waals surface area (Å²) in [6, 6.07) is 5.20. The summed E-state index contributed by atoms with van der Waals surface area (Å²) in [5.74, 6) is 0.276. The lowest BCUT2D eigenvalue weighted by Gasteiger charge is -2.27. The summed E-state index contributed by atoms with van der Waals surface area (Å²) in [6.45, 7) is 4.21. The van der Waals surface area contributed by atoms with E-state index in [-0.39, 0.29) is 11.6 Å². The Morgan fingerprint density at radius 2 is 2.18 bits per heavy atom. The fourth-order valence-corrected chi connectivity index (χ4v) is 1.86. The molecule has 5 heteroatoms. The van der Waals surface area contributed by atoms with Gasteiger partial charge in [0, 0.05) is 36.8 Å². The van der Waals surface area contributed by atoms with Crippen LogP contribution in [0.4, 0.5) is 11.4 Å². The molecule has 0 aliphatic rings. The molecule has 1 unspecified atom stereocenters. The predicted octanol–water partition coefficient (Wildman–Crippen LogP) is 3.57. The number of benzene rings is 1. The smallest absolute Gasteiger partial charge is 0.269 e. The van der Waals surface area contributed by atoms with E-state index in [4.69, 9.17) is 11.6 Å². The molecule has 0 saturated carbocycles. The van der Waals surface area contributed by atoms with Gasteiger partial charge in [-0.3, -0.25) is 10.1 Å². The van der Waals surface area contributed by atoms with Crippen LogP contribution in [0.2, 0.25) is 0 Å². The quantitative estimate of drug-likeness (QED) is 0.460. The number of hydrogen-bond donors (Lipinski definition) is 0. The third-order valence-corrected chi connectivity index (χ3v) is 3.34. The van der Waals surface area contributed by atoms with Crippen molar-refractivity contribution in [1.82, 2.24) is 0 Å². The van der Waals surface area contributed by atoms with Crippen molar-refractivity contribution in [3.63, 3.8) is 0 Å². The second kappa shape index (κ2) is 5.87. The molecule has 1 aromatic rings. The number of anilines is 1. The van der Waals surface area contributed by atoms with Crippen LogP contribution in [0.3, 0.4) is 0 Å². The van der Waals surface area contributed by atoms with E-state index in [0.717, 1.165) is 17.7 Å². The predicted molar refractivity (Wildman–Crippen MR) is 70.8 cm³/mol. The minimum Gasteiger partial charge on any atom is -0.372 e. The lowest BCUT2D eigenvalue weighted by Crippen LogP contribution is -2.28. The number of nitro groups is 1. The van der Waals surface area contributed by atoms with Gasteiger partial charge < -0.3 is 4.90 Å². The molecule has 0 saturated heterocycles. The van der Waals surface area contributed by atoms with Gasteiger partial charge in [0.15, 0.2) is 0 Å². The van der Waals surface area contributed by atoms with Crippen LogP contribution in [-0.2, 0) is 5.88 Å². The summed E-state index contributed by atoms with van der Waals surface area (Å²) in [4.78, 5) is 12.4. The number of non-ortho nitro benzene ring substituents is 1. The summed E-state index contributed by atoms with van der Waals surface area (Å²) >= 11 is 5.85. The van der Waals surface area contributed by atoms with E-state index in [9.17, 15) is 10.1 Å². The molecule has 1 atom stereocenters. The third kappa shape index (κ3) is 3.09. The first kappa shape index (κ1) is 13.8. The molecule has 0 N–H and O–H groups in total. The van der Waals surface area contributed by atoms with E-state index >= 15 is 0 Å². The van der Waals surface area contributed by atoms with Gasteiger partial charge in [-0.1, -0.05) is 6.92 Å². The van der Waals surface area contributed by atoms with E-state index in [2.05, 4.69) is 18.7 Å². The van der Waals surface area contributed by atoms with Gasteiger partial charge in [-0.05, 0) is 25.0 Å². The number of alkyl halides is 1. The van der Waals surface area contributed by atoms with Crippen LogP contribution >= 0.6 is 11.6 Å². The molecule has 1 aromatic carbocycles. The van der Waals surface area contributed by atoms with E-state index in [1.54, 1.807) is 12.1 Å². The first-order chi connectivity index (χ1) is 8.01. The largest absolute Gasteiger partial charge is 0.372 e. The van der Waals surface area contributed by atoms with Gasteiger partial charge in [0.25, 0.3) is 5.69 Å². The molecule has 94 valence electrons. The number of nitro benzene ring substituents is 1. The average molecular weight is 257 g/mol. The molecule has 0 aliphatic carbocycles. The fraction of sp³-hybridized carbons (Fsp3) is 0.500. The Kier molecular flexibility index (Phi) is 4.75. The highest BCUT2D eigenvalue weighted by molar-refractivity contribution is 6.17. The Morgan fingerprint density at radius 1 is 1.53 bits per heavy atom. The first-order valence-corrected chi connectivity index (χ1v) is 6.10.